The van der Waals surface area contributed by atoms with Crippen molar-refractivity contribution in [1.82, 2.24) is 4.90 Å². The van der Waals surface area contributed by atoms with Crippen LogP contribution in [-0.2, 0) is 10.0 Å². The number of aryl methyl sites for hydroxylation is 1. The largest absolute Gasteiger partial charge is 0.490 e. The summed E-state index contributed by atoms with van der Waals surface area (Å²) in [4.78, 5) is 13.3. The second-order valence-corrected chi connectivity index (χ2v) is 10.8. The quantitative estimate of drug-likeness (QED) is 0.692. The number of piperidine rings is 1. The molecule has 1 heterocycles. The van der Waals surface area contributed by atoms with Gasteiger partial charge in [-0.1, -0.05) is 44.5 Å². The summed E-state index contributed by atoms with van der Waals surface area (Å²) in [6.45, 7) is 8.38. The Bertz CT molecular complexity index is 1030. The van der Waals surface area contributed by atoms with Crippen molar-refractivity contribution in [2.24, 2.45) is 5.41 Å². The van der Waals surface area contributed by atoms with Crippen LogP contribution in [0.5, 0.6) is 5.75 Å². The SMILES string of the molecule is Cc1ccc(S(=O)(=O)Nc2cccc(OC3CCN(C(=O)O)C(C(C)(C)C)C3)c2)cc1. The molecule has 0 aromatic heterocycles. The first-order valence-corrected chi connectivity index (χ1v) is 11.8. The van der Waals surface area contributed by atoms with Crippen LogP contribution in [0, 0.1) is 12.3 Å². The van der Waals surface area contributed by atoms with Gasteiger partial charge < -0.3 is 14.7 Å². The molecule has 31 heavy (non-hydrogen) atoms. The van der Waals surface area contributed by atoms with Gasteiger partial charge in [-0.2, -0.15) is 0 Å². The summed E-state index contributed by atoms with van der Waals surface area (Å²) < 4.78 is 34.0. The van der Waals surface area contributed by atoms with Gasteiger partial charge in [0.15, 0.2) is 0 Å². The van der Waals surface area contributed by atoms with Gasteiger partial charge in [0, 0.05) is 31.5 Å². The minimum atomic E-state index is -3.70. The number of carbonyl (C=O) groups is 1. The van der Waals surface area contributed by atoms with E-state index >= 15 is 0 Å². The Labute approximate surface area is 184 Å². The van der Waals surface area contributed by atoms with E-state index in [1.54, 1.807) is 48.5 Å². The van der Waals surface area contributed by atoms with Crippen LogP contribution in [-0.4, -0.2) is 43.2 Å². The average molecular weight is 447 g/mol. The van der Waals surface area contributed by atoms with Gasteiger partial charge in [0.2, 0.25) is 0 Å². The van der Waals surface area contributed by atoms with Crippen molar-refractivity contribution in [3.63, 3.8) is 0 Å². The predicted molar refractivity (Wildman–Crippen MR) is 120 cm³/mol. The first-order chi connectivity index (χ1) is 14.5. The Kier molecular flexibility index (Phi) is 6.50. The summed E-state index contributed by atoms with van der Waals surface area (Å²) >= 11 is 0. The Morgan fingerprint density at radius 2 is 1.84 bits per heavy atom. The molecular formula is C23H30N2O5S. The molecule has 7 nitrogen and oxygen atoms in total. The molecule has 1 aliphatic rings. The van der Waals surface area contributed by atoms with E-state index in [1.165, 1.54) is 4.90 Å². The molecule has 0 spiro atoms. The van der Waals surface area contributed by atoms with E-state index in [0.29, 0.717) is 30.8 Å². The van der Waals surface area contributed by atoms with Crippen molar-refractivity contribution in [1.29, 1.82) is 0 Å². The van der Waals surface area contributed by atoms with Crippen LogP contribution in [0.25, 0.3) is 0 Å². The van der Waals surface area contributed by atoms with E-state index in [9.17, 15) is 18.3 Å². The highest BCUT2D eigenvalue weighted by Crippen LogP contribution is 2.34. The number of rotatable bonds is 5. The fourth-order valence-corrected chi connectivity index (χ4v) is 4.90. The smallest absolute Gasteiger partial charge is 0.407 e. The Balaban J connectivity index is 1.72. The Morgan fingerprint density at radius 3 is 2.45 bits per heavy atom. The lowest BCUT2D eigenvalue weighted by atomic mass is 9.80. The van der Waals surface area contributed by atoms with Gasteiger partial charge in [0.05, 0.1) is 10.6 Å². The fraction of sp³-hybridized carbons (Fsp3) is 0.435. The number of amides is 1. The minimum Gasteiger partial charge on any atom is -0.490 e. The van der Waals surface area contributed by atoms with E-state index in [2.05, 4.69) is 4.72 Å². The van der Waals surface area contributed by atoms with Crippen molar-refractivity contribution in [3.8, 4) is 5.75 Å². The van der Waals surface area contributed by atoms with Crippen LogP contribution in [0.1, 0.15) is 39.2 Å². The molecule has 0 radical (unpaired) electrons. The maximum atomic E-state index is 12.7. The molecule has 2 N–H and O–H groups in total. The van der Waals surface area contributed by atoms with E-state index < -0.39 is 16.1 Å². The first kappa shape index (κ1) is 22.9. The van der Waals surface area contributed by atoms with Crippen molar-refractivity contribution in [2.45, 2.75) is 57.6 Å². The van der Waals surface area contributed by atoms with E-state index in [1.807, 2.05) is 27.7 Å². The summed E-state index contributed by atoms with van der Waals surface area (Å²) in [6.07, 6.45) is 0.0995. The van der Waals surface area contributed by atoms with Crippen LogP contribution in [0.3, 0.4) is 0 Å². The van der Waals surface area contributed by atoms with Crippen LogP contribution in [0.2, 0.25) is 0 Å². The van der Waals surface area contributed by atoms with Gasteiger partial charge >= 0.3 is 6.09 Å². The highest BCUT2D eigenvalue weighted by atomic mass is 32.2. The topological polar surface area (TPSA) is 95.9 Å². The number of benzene rings is 2. The summed E-state index contributed by atoms with van der Waals surface area (Å²) in [7, 11) is -3.70. The molecule has 2 aromatic rings. The summed E-state index contributed by atoms with van der Waals surface area (Å²) in [6, 6.07) is 13.3. The maximum Gasteiger partial charge on any atom is 0.407 e. The normalized spacial score (nSPS) is 19.7. The van der Waals surface area contributed by atoms with Gasteiger partial charge in [-0.15, -0.1) is 0 Å². The van der Waals surface area contributed by atoms with Crippen molar-refractivity contribution >= 4 is 21.8 Å². The molecule has 2 unspecified atom stereocenters. The van der Waals surface area contributed by atoms with Gasteiger partial charge in [-0.05, 0) is 36.6 Å². The van der Waals surface area contributed by atoms with E-state index in [4.69, 9.17) is 4.74 Å². The van der Waals surface area contributed by atoms with Gasteiger partial charge in [0.1, 0.15) is 11.9 Å². The fourth-order valence-electron chi connectivity index (χ4n) is 3.85. The number of hydrogen-bond acceptors (Lipinski definition) is 4. The molecule has 2 atom stereocenters. The first-order valence-electron chi connectivity index (χ1n) is 10.3. The number of likely N-dealkylation sites (tertiary alicyclic amines) is 1. The van der Waals surface area contributed by atoms with E-state index in [-0.39, 0.29) is 22.5 Å². The molecule has 3 rings (SSSR count). The molecule has 1 amide bonds. The summed E-state index contributed by atoms with van der Waals surface area (Å²) in [5.41, 5.74) is 1.18. The number of carboxylic acid groups (broad SMARTS) is 1. The highest BCUT2D eigenvalue weighted by Gasteiger charge is 2.39. The number of hydrogen-bond donors (Lipinski definition) is 2. The lowest BCUT2D eigenvalue weighted by molar-refractivity contribution is 0.0130. The molecule has 1 fully saturated rings. The Hall–Kier alpha value is -2.74. The standard InChI is InChI=1S/C23H30N2O5S/c1-16-8-10-20(11-9-16)31(28,29)24-17-6-5-7-18(14-17)30-19-12-13-25(22(26)27)21(15-19)23(2,3)4/h5-11,14,19,21,24H,12-13,15H2,1-4H3,(H,26,27). The lowest BCUT2D eigenvalue weighted by Crippen LogP contribution is -2.53. The second-order valence-electron chi connectivity index (χ2n) is 9.07. The van der Waals surface area contributed by atoms with Crippen molar-refractivity contribution in [3.05, 3.63) is 54.1 Å². The molecule has 168 valence electrons. The molecule has 0 bridgehead atoms. The molecule has 1 aliphatic heterocycles. The van der Waals surface area contributed by atoms with Gasteiger partial charge in [0.25, 0.3) is 10.0 Å². The van der Waals surface area contributed by atoms with Crippen LogP contribution in [0.15, 0.2) is 53.4 Å². The third-order valence-corrected chi connectivity index (χ3v) is 6.92. The van der Waals surface area contributed by atoms with Gasteiger partial charge in [-0.3, -0.25) is 4.72 Å². The molecule has 2 aromatic carbocycles. The maximum absolute atomic E-state index is 12.7. The molecule has 0 aliphatic carbocycles. The third-order valence-electron chi connectivity index (χ3n) is 5.52. The van der Waals surface area contributed by atoms with Crippen molar-refractivity contribution in [2.75, 3.05) is 11.3 Å². The molecule has 0 saturated carbocycles. The van der Waals surface area contributed by atoms with Crippen LogP contribution < -0.4 is 9.46 Å². The summed E-state index contributed by atoms with van der Waals surface area (Å²) in [5.74, 6) is 0.547. The van der Waals surface area contributed by atoms with Crippen LogP contribution >= 0.6 is 0 Å². The van der Waals surface area contributed by atoms with E-state index in [0.717, 1.165) is 5.56 Å². The monoisotopic (exact) mass is 446 g/mol. The zero-order valence-corrected chi connectivity index (χ0v) is 19.1. The molecule has 8 heteroatoms. The third kappa shape index (κ3) is 5.70. The minimum absolute atomic E-state index is 0.149. The number of sulfonamides is 1. The number of anilines is 1. The summed E-state index contributed by atoms with van der Waals surface area (Å²) in [5, 5.41) is 9.52. The number of nitrogens with zero attached hydrogens (tertiary/aromatic N) is 1. The van der Waals surface area contributed by atoms with Crippen molar-refractivity contribution < 1.29 is 23.1 Å². The second kappa shape index (κ2) is 8.78. The van der Waals surface area contributed by atoms with Crippen LogP contribution in [0.4, 0.5) is 10.5 Å². The predicted octanol–water partition coefficient (Wildman–Crippen LogP) is 4.73. The lowest BCUT2D eigenvalue weighted by Gasteiger charge is -2.44. The Morgan fingerprint density at radius 1 is 1.16 bits per heavy atom. The zero-order valence-electron chi connectivity index (χ0n) is 18.3. The highest BCUT2D eigenvalue weighted by molar-refractivity contribution is 7.92. The molecular weight excluding hydrogens is 416 g/mol. The molecule has 1 saturated heterocycles. The van der Waals surface area contributed by atoms with Gasteiger partial charge in [-0.25, -0.2) is 13.2 Å². The zero-order chi connectivity index (χ0) is 22.8. The number of ether oxygens (including phenoxy) is 1. The average Bonchev–Trinajstić information content (AvgIpc) is 2.67. The number of nitrogens with one attached hydrogen (secondary N) is 1.